The first-order valence-electron chi connectivity index (χ1n) is 3.69. The summed E-state index contributed by atoms with van der Waals surface area (Å²) >= 11 is 0. The van der Waals surface area contributed by atoms with Gasteiger partial charge in [-0.1, -0.05) is 13.8 Å². The zero-order valence-electron chi connectivity index (χ0n) is 7.00. The van der Waals surface area contributed by atoms with E-state index in [1.165, 1.54) is 0 Å². The van der Waals surface area contributed by atoms with Gasteiger partial charge in [-0.15, -0.1) is 0 Å². The number of guanidine groups is 1. The number of hydrogen-bond donors (Lipinski definition) is 2. The second kappa shape index (κ2) is 2.70. The van der Waals surface area contributed by atoms with Crippen LogP contribution in [0.3, 0.4) is 0 Å². The molecule has 4 N–H and O–H groups in total. The van der Waals surface area contributed by atoms with Gasteiger partial charge in [-0.05, 0) is 0 Å². The molecule has 0 aliphatic carbocycles. The van der Waals surface area contributed by atoms with Crippen LogP contribution in [0.1, 0.15) is 13.8 Å². The number of nitrogens with two attached hydrogens (primary N) is 2. The summed E-state index contributed by atoms with van der Waals surface area (Å²) in [4.78, 5) is 4.08. The Hall–Kier alpha value is -0.770. The molecular weight excluding hydrogens is 142 g/mol. The first-order chi connectivity index (χ1) is 5.02. The lowest BCUT2D eigenvalue weighted by atomic mass is 9.88. The Morgan fingerprint density at radius 3 is 2.55 bits per heavy atom. The highest BCUT2D eigenvalue weighted by atomic mass is 16.5. The molecule has 11 heavy (non-hydrogen) atoms. The van der Waals surface area contributed by atoms with E-state index in [4.69, 9.17) is 16.2 Å². The highest BCUT2D eigenvalue weighted by Gasteiger charge is 2.35. The van der Waals surface area contributed by atoms with Gasteiger partial charge >= 0.3 is 0 Å². The Morgan fingerprint density at radius 2 is 2.18 bits per heavy atom. The highest BCUT2D eigenvalue weighted by Crippen LogP contribution is 2.29. The van der Waals surface area contributed by atoms with E-state index in [1.54, 1.807) is 0 Å². The minimum atomic E-state index is 0.0734. The molecule has 4 nitrogen and oxygen atoms in total. The van der Waals surface area contributed by atoms with E-state index in [0.29, 0.717) is 6.61 Å². The van der Waals surface area contributed by atoms with Gasteiger partial charge in [-0.2, -0.15) is 0 Å². The summed E-state index contributed by atoms with van der Waals surface area (Å²) in [5.41, 5.74) is 10.6. The van der Waals surface area contributed by atoms with Gasteiger partial charge in [0.2, 0.25) is 0 Å². The van der Waals surface area contributed by atoms with Crippen molar-refractivity contribution in [1.82, 2.24) is 0 Å². The lowest BCUT2D eigenvalue weighted by molar-refractivity contribution is 0.167. The van der Waals surface area contributed by atoms with Crippen LogP contribution in [0.25, 0.3) is 0 Å². The quantitative estimate of drug-likeness (QED) is 0.405. The number of ether oxygens (including phenoxy) is 1. The van der Waals surface area contributed by atoms with Gasteiger partial charge in [0.25, 0.3) is 0 Å². The second-order valence-electron chi connectivity index (χ2n) is 3.57. The van der Waals surface area contributed by atoms with Crippen LogP contribution in [0, 0.1) is 5.41 Å². The Labute approximate surface area is 66.6 Å². The first-order valence-corrected chi connectivity index (χ1v) is 3.69. The monoisotopic (exact) mass is 157 g/mol. The van der Waals surface area contributed by atoms with Crippen LogP contribution < -0.4 is 11.5 Å². The third-order valence-electron chi connectivity index (χ3n) is 1.96. The molecule has 4 heteroatoms. The fourth-order valence-corrected chi connectivity index (χ4v) is 1.15. The number of nitrogens with zero attached hydrogens (tertiary/aromatic N) is 1. The fourth-order valence-electron chi connectivity index (χ4n) is 1.15. The van der Waals surface area contributed by atoms with Crippen LogP contribution in [0.4, 0.5) is 0 Å². The van der Waals surface area contributed by atoms with Gasteiger partial charge in [0.05, 0.1) is 19.3 Å². The van der Waals surface area contributed by atoms with Gasteiger partial charge < -0.3 is 16.2 Å². The third-order valence-corrected chi connectivity index (χ3v) is 1.96. The van der Waals surface area contributed by atoms with Crippen molar-refractivity contribution in [3.05, 3.63) is 0 Å². The molecule has 0 amide bonds. The average Bonchev–Trinajstić information content (AvgIpc) is 2.10. The summed E-state index contributed by atoms with van der Waals surface area (Å²) in [5.74, 6) is 0.147. The Bertz CT molecular complexity index is 173. The van der Waals surface area contributed by atoms with Crippen LogP contribution in [-0.2, 0) is 4.74 Å². The molecular formula is C7H15N3O. The predicted molar refractivity (Wildman–Crippen MR) is 44.2 cm³/mol. The van der Waals surface area contributed by atoms with Crippen molar-refractivity contribution >= 4 is 5.96 Å². The van der Waals surface area contributed by atoms with E-state index < -0.39 is 0 Å². The molecule has 0 spiro atoms. The van der Waals surface area contributed by atoms with Crippen molar-refractivity contribution in [3.8, 4) is 0 Å². The molecule has 1 saturated heterocycles. The van der Waals surface area contributed by atoms with Gasteiger partial charge in [0.1, 0.15) is 0 Å². The van der Waals surface area contributed by atoms with Crippen LogP contribution in [0.15, 0.2) is 4.99 Å². The van der Waals surface area contributed by atoms with Crippen molar-refractivity contribution in [3.63, 3.8) is 0 Å². The Balaban J connectivity index is 2.66. The molecule has 1 fully saturated rings. The number of rotatable bonds is 1. The minimum absolute atomic E-state index is 0.0734. The van der Waals surface area contributed by atoms with Crippen molar-refractivity contribution in [1.29, 1.82) is 0 Å². The van der Waals surface area contributed by atoms with Gasteiger partial charge in [-0.3, -0.25) is 0 Å². The predicted octanol–water partition coefficient (Wildman–Crippen LogP) is -0.315. The third kappa shape index (κ3) is 1.83. The van der Waals surface area contributed by atoms with E-state index in [-0.39, 0.29) is 17.4 Å². The van der Waals surface area contributed by atoms with E-state index in [9.17, 15) is 0 Å². The van der Waals surface area contributed by atoms with Crippen molar-refractivity contribution in [2.45, 2.75) is 19.9 Å². The zero-order valence-corrected chi connectivity index (χ0v) is 7.00. The number of hydrogen-bond acceptors (Lipinski definition) is 2. The highest BCUT2D eigenvalue weighted by molar-refractivity contribution is 5.75. The van der Waals surface area contributed by atoms with Crippen LogP contribution in [0.2, 0.25) is 0 Å². The summed E-state index contributed by atoms with van der Waals surface area (Å²) in [6.45, 7) is 5.55. The fraction of sp³-hybridized carbons (Fsp3) is 0.857. The summed E-state index contributed by atoms with van der Waals surface area (Å²) in [5, 5.41) is 0. The summed E-state index contributed by atoms with van der Waals surface area (Å²) in [7, 11) is 0. The molecule has 0 aromatic carbocycles. The van der Waals surface area contributed by atoms with Crippen molar-refractivity contribution < 1.29 is 4.74 Å². The lowest BCUT2D eigenvalue weighted by Gasteiger charge is -2.20. The van der Waals surface area contributed by atoms with Crippen LogP contribution in [0.5, 0.6) is 0 Å². The van der Waals surface area contributed by atoms with E-state index in [0.717, 1.165) is 6.61 Å². The van der Waals surface area contributed by atoms with E-state index in [2.05, 4.69) is 18.8 Å². The molecule has 1 unspecified atom stereocenters. The molecule has 0 radical (unpaired) electrons. The second-order valence-corrected chi connectivity index (χ2v) is 3.57. The van der Waals surface area contributed by atoms with Crippen molar-refractivity contribution in [2.24, 2.45) is 21.9 Å². The van der Waals surface area contributed by atoms with E-state index >= 15 is 0 Å². The summed E-state index contributed by atoms with van der Waals surface area (Å²) in [6.07, 6.45) is 0. The molecule has 1 rings (SSSR count). The molecule has 0 aromatic rings. The largest absolute Gasteiger partial charge is 0.379 e. The molecule has 64 valence electrons. The zero-order chi connectivity index (χ0) is 8.48. The maximum absolute atomic E-state index is 5.27. The van der Waals surface area contributed by atoms with Gasteiger partial charge in [-0.25, -0.2) is 4.99 Å². The number of aliphatic imine (C=N–C) groups is 1. The molecule has 1 heterocycles. The lowest BCUT2D eigenvalue weighted by Crippen LogP contribution is -2.32. The summed E-state index contributed by atoms with van der Waals surface area (Å²) < 4.78 is 5.26. The Morgan fingerprint density at radius 1 is 1.55 bits per heavy atom. The van der Waals surface area contributed by atoms with Gasteiger partial charge in [0, 0.05) is 5.41 Å². The van der Waals surface area contributed by atoms with Crippen LogP contribution >= 0.6 is 0 Å². The smallest absolute Gasteiger partial charge is 0.186 e. The maximum Gasteiger partial charge on any atom is 0.186 e. The molecule has 1 aliphatic heterocycles. The topological polar surface area (TPSA) is 73.6 Å². The normalized spacial score (nSPS) is 28.4. The van der Waals surface area contributed by atoms with Gasteiger partial charge in [0.15, 0.2) is 5.96 Å². The van der Waals surface area contributed by atoms with E-state index in [1.807, 2.05) is 0 Å². The molecule has 1 atom stereocenters. The Kier molecular flexibility index (Phi) is 2.04. The first kappa shape index (κ1) is 8.33. The molecule has 0 aromatic heterocycles. The SMILES string of the molecule is CC1(C)COCC1N=C(N)N. The molecule has 1 aliphatic rings. The van der Waals surface area contributed by atoms with Crippen LogP contribution in [-0.4, -0.2) is 25.2 Å². The summed E-state index contributed by atoms with van der Waals surface area (Å²) in [6, 6.07) is 0.118. The average molecular weight is 157 g/mol. The molecule has 0 saturated carbocycles. The maximum atomic E-state index is 5.27. The molecule has 0 bridgehead atoms. The van der Waals surface area contributed by atoms with Crippen molar-refractivity contribution in [2.75, 3.05) is 13.2 Å². The minimum Gasteiger partial charge on any atom is -0.379 e. The standard InChI is InChI=1S/C7H15N3O/c1-7(2)4-11-3-5(7)10-6(8)9/h5H,3-4H2,1-2H3,(H4,8,9,10).